The summed E-state index contributed by atoms with van der Waals surface area (Å²) in [5, 5.41) is 9.85. The number of esters is 3. The van der Waals surface area contributed by atoms with Crippen LogP contribution in [0.15, 0.2) is 72.9 Å². The van der Waals surface area contributed by atoms with Crippen molar-refractivity contribution in [1.29, 1.82) is 0 Å². The Morgan fingerprint density at radius 1 is 0.362 bits per heavy atom. The quantitative estimate of drug-likeness (QED) is 0.0197. The average Bonchev–Trinajstić information content (AvgIpc) is 3.45. The van der Waals surface area contributed by atoms with Gasteiger partial charge in [-0.25, -0.2) is 4.57 Å². The van der Waals surface area contributed by atoms with E-state index in [0.717, 1.165) is 103 Å². The molecule has 0 amide bonds. The molecule has 11 nitrogen and oxygen atoms in total. The Morgan fingerprint density at radius 2 is 0.650 bits per heavy atom. The number of hydrogen-bond acceptors (Lipinski definition) is 10. The zero-order chi connectivity index (χ0) is 58.3. The maximum atomic E-state index is 13.0. The van der Waals surface area contributed by atoms with Gasteiger partial charge in [0.15, 0.2) is 6.10 Å². The van der Waals surface area contributed by atoms with Gasteiger partial charge in [-0.15, -0.1) is 0 Å². The van der Waals surface area contributed by atoms with E-state index in [1.54, 1.807) is 0 Å². The first kappa shape index (κ1) is 76.9. The van der Waals surface area contributed by atoms with Crippen LogP contribution in [0.1, 0.15) is 303 Å². The first-order valence-electron chi connectivity index (χ1n) is 32.8. The van der Waals surface area contributed by atoms with Crippen LogP contribution in [0.5, 0.6) is 0 Å². The number of aliphatic hydroxyl groups excluding tert-OH is 1. The molecule has 3 atom stereocenters. The number of carbonyl (C=O) groups excluding carboxylic acids is 3. The summed E-state index contributed by atoms with van der Waals surface area (Å²) >= 11 is 0. The van der Waals surface area contributed by atoms with E-state index >= 15 is 0 Å². The van der Waals surface area contributed by atoms with Gasteiger partial charge in [-0.05, 0) is 89.9 Å². The summed E-state index contributed by atoms with van der Waals surface area (Å²) < 4.78 is 39.7. The average molecular weight is 1150 g/mol. The molecule has 0 aromatic carbocycles. The van der Waals surface area contributed by atoms with Crippen molar-refractivity contribution in [2.45, 2.75) is 315 Å². The zero-order valence-corrected chi connectivity index (χ0v) is 52.4. The second kappa shape index (κ2) is 62.0. The molecule has 12 heteroatoms. The summed E-state index contributed by atoms with van der Waals surface area (Å²) in [4.78, 5) is 48.8. The molecule has 0 saturated heterocycles. The van der Waals surface area contributed by atoms with Gasteiger partial charge in [0.25, 0.3) is 0 Å². The van der Waals surface area contributed by atoms with Crippen LogP contribution in [0, 0.1) is 0 Å². The highest BCUT2D eigenvalue weighted by atomic mass is 31.2. The first-order chi connectivity index (χ1) is 39.2. The highest BCUT2D eigenvalue weighted by Crippen LogP contribution is 2.43. The molecule has 0 bridgehead atoms. The summed E-state index contributed by atoms with van der Waals surface area (Å²) in [6, 6.07) is 0. The molecule has 80 heavy (non-hydrogen) atoms. The predicted molar refractivity (Wildman–Crippen MR) is 335 cm³/mol. The molecule has 0 aliphatic heterocycles. The van der Waals surface area contributed by atoms with E-state index in [1.807, 2.05) is 0 Å². The molecule has 464 valence electrons. The van der Waals surface area contributed by atoms with E-state index in [9.17, 15) is 28.9 Å². The van der Waals surface area contributed by atoms with Crippen LogP contribution < -0.4 is 0 Å². The van der Waals surface area contributed by atoms with Crippen LogP contribution in [0.4, 0.5) is 0 Å². The number of aliphatic hydroxyl groups is 1. The SMILES string of the molecule is CC/C=C\C/C=C\C/C=C\C/C=C\CCCCCCC(=O)OC(CO)COP(=O)(O)OCC(COC(=O)CCCCCCCCC/C=C\C/C=C\CCCCC)OC(=O)CCCCCCCCCCCCCCCCCCCCC. The van der Waals surface area contributed by atoms with Gasteiger partial charge in [-0.1, -0.05) is 267 Å². The van der Waals surface area contributed by atoms with Crippen molar-refractivity contribution < 1.29 is 52.2 Å². The molecule has 0 aromatic heterocycles. The lowest BCUT2D eigenvalue weighted by Crippen LogP contribution is -2.30. The van der Waals surface area contributed by atoms with Crippen molar-refractivity contribution in [3.63, 3.8) is 0 Å². The van der Waals surface area contributed by atoms with Crippen molar-refractivity contribution in [1.82, 2.24) is 0 Å². The van der Waals surface area contributed by atoms with Gasteiger partial charge in [0.2, 0.25) is 0 Å². The van der Waals surface area contributed by atoms with Crippen molar-refractivity contribution in [3.8, 4) is 0 Å². The minimum Gasteiger partial charge on any atom is -0.462 e. The summed E-state index contributed by atoms with van der Waals surface area (Å²) in [5.41, 5.74) is 0. The molecule has 0 rings (SSSR count). The molecule has 0 heterocycles. The fourth-order valence-corrected chi connectivity index (χ4v) is 9.93. The van der Waals surface area contributed by atoms with Crippen LogP contribution in [-0.2, 0) is 42.2 Å². The molecule has 0 fully saturated rings. The van der Waals surface area contributed by atoms with Gasteiger partial charge in [-0.2, -0.15) is 0 Å². The number of phosphoric acid groups is 1. The third-order valence-electron chi connectivity index (χ3n) is 14.1. The molecule has 0 aromatic rings. The van der Waals surface area contributed by atoms with Crippen molar-refractivity contribution >= 4 is 25.7 Å². The maximum Gasteiger partial charge on any atom is 0.472 e. The molecule has 0 aliphatic carbocycles. The molecular formula is C68H121O11P. The summed E-state index contributed by atoms with van der Waals surface area (Å²) in [7, 11) is -4.76. The smallest absolute Gasteiger partial charge is 0.462 e. The van der Waals surface area contributed by atoms with Crippen LogP contribution in [-0.4, -0.2) is 66.5 Å². The fraction of sp³-hybridized carbons (Fsp3) is 0.779. The number of hydrogen-bond donors (Lipinski definition) is 2. The second-order valence-corrected chi connectivity index (χ2v) is 23.4. The van der Waals surface area contributed by atoms with Crippen LogP contribution in [0.25, 0.3) is 0 Å². The maximum absolute atomic E-state index is 13.0. The summed E-state index contributed by atoms with van der Waals surface area (Å²) in [6.07, 6.45) is 71.3. The molecule has 0 radical (unpaired) electrons. The normalized spacial score (nSPS) is 13.7. The van der Waals surface area contributed by atoms with E-state index in [0.29, 0.717) is 19.3 Å². The third-order valence-corrected chi connectivity index (χ3v) is 15.1. The molecule has 2 N–H and O–H groups in total. The van der Waals surface area contributed by atoms with E-state index in [-0.39, 0.29) is 25.9 Å². The van der Waals surface area contributed by atoms with E-state index in [2.05, 4.69) is 93.7 Å². The Balaban J connectivity index is 4.71. The fourth-order valence-electron chi connectivity index (χ4n) is 9.14. The lowest BCUT2D eigenvalue weighted by molar-refractivity contribution is -0.161. The number of rotatable bonds is 61. The number of unbranched alkanes of at least 4 members (excludes halogenated alkanes) is 32. The third kappa shape index (κ3) is 59.5. The standard InChI is InChI=1S/C68H121O11P/c1-4-7-10-13-16-19-22-25-28-31-32-35-38-41-44-47-50-53-56-59-68(72)79-65(61-75-66(70)57-54-51-48-45-42-39-36-33-29-26-23-20-17-14-11-8-5-2)63-77-80(73,74)76-62-64(60-69)78-67(71)58-55-52-49-46-43-40-37-34-30-27-24-21-18-15-12-9-6-3/h9,12,17-18,20-21,26-27,29-30,37,40,64-65,69H,4-8,10-11,13-16,19,22-25,28,31-36,38-39,41-63H2,1-3H3,(H,73,74)/b12-9-,20-17-,21-18-,29-26-,30-27-,40-37-. The molecular weight excluding hydrogens is 1020 g/mol. The number of allylic oxidation sites excluding steroid dienone is 12. The summed E-state index contributed by atoms with van der Waals surface area (Å²) in [6.45, 7) is 4.53. The lowest BCUT2D eigenvalue weighted by Gasteiger charge is -2.21. The van der Waals surface area contributed by atoms with Gasteiger partial charge in [0.05, 0.1) is 19.8 Å². The monoisotopic (exact) mass is 1140 g/mol. The minimum atomic E-state index is -4.76. The van der Waals surface area contributed by atoms with Crippen LogP contribution >= 0.6 is 7.82 Å². The number of carbonyl (C=O) groups is 3. The Labute approximate surface area is 490 Å². The largest absolute Gasteiger partial charge is 0.472 e. The second-order valence-electron chi connectivity index (χ2n) is 21.9. The molecule has 3 unspecified atom stereocenters. The summed E-state index contributed by atoms with van der Waals surface area (Å²) in [5.74, 6) is -1.48. The van der Waals surface area contributed by atoms with Crippen molar-refractivity contribution in [3.05, 3.63) is 72.9 Å². The Kier molecular flexibility index (Phi) is 59.6. The van der Waals surface area contributed by atoms with Gasteiger partial charge >= 0.3 is 25.7 Å². The minimum absolute atomic E-state index is 0.148. The van der Waals surface area contributed by atoms with Crippen molar-refractivity contribution in [2.24, 2.45) is 0 Å². The number of phosphoric ester groups is 1. The topological polar surface area (TPSA) is 155 Å². The zero-order valence-electron chi connectivity index (χ0n) is 51.5. The molecule has 0 saturated carbocycles. The van der Waals surface area contributed by atoms with E-state index in [1.165, 1.54) is 141 Å². The number of ether oxygens (including phenoxy) is 3. The van der Waals surface area contributed by atoms with E-state index < -0.39 is 57.8 Å². The Bertz CT molecular complexity index is 1620. The Morgan fingerprint density at radius 3 is 1.02 bits per heavy atom. The van der Waals surface area contributed by atoms with Gasteiger partial charge in [0, 0.05) is 19.3 Å². The van der Waals surface area contributed by atoms with Crippen LogP contribution in [0.2, 0.25) is 0 Å². The Hall–Kier alpha value is -3.08. The predicted octanol–water partition coefficient (Wildman–Crippen LogP) is 20.0. The lowest BCUT2D eigenvalue weighted by atomic mass is 10.0. The first-order valence-corrected chi connectivity index (χ1v) is 34.3. The van der Waals surface area contributed by atoms with Crippen LogP contribution in [0.3, 0.4) is 0 Å². The molecule has 0 spiro atoms. The van der Waals surface area contributed by atoms with Gasteiger partial charge in [0.1, 0.15) is 12.7 Å². The molecule has 0 aliphatic rings. The van der Waals surface area contributed by atoms with Gasteiger partial charge < -0.3 is 24.2 Å². The highest BCUT2D eigenvalue weighted by Gasteiger charge is 2.28. The van der Waals surface area contributed by atoms with E-state index in [4.69, 9.17) is 23.3 Å². The van der Waals surface area contributed by atoms with Gasteiger partial charge in [-0.3, -0.25) is 23.4 Å². The highest BCUT2D eigenvalue weighted by molar-refractivity contribution is 7.47. The van der Waals surface area contributed by atoms with Crippen molar-refractivity contribution in [2.75, 3.05) is 26.4 Å².